The summed E-state index contributed by atoms with van der Waals surface area (Å²) in [6.07, 6.45) is 4.28. The van der Waals surface area contributed by atoms with E-state index >= 15 is 0 Å². The first kappa shape index (κ1) is 17.7. The third-order valence-electron chi connectivity index (χ3n) is 5.28. The molecule has 0 bridgehead atoms. The van der Waals surface area contributed by atoms with Crippen molar-refractivity contribution in [3.05, 3.63) is 28.7 Å². The van der Waals surface area contributed by atoms with E-state index in [1.165, 1.54) is 18.5 Å². The molecule has 1 aromatic rings. The molecule has 0 radical (unpaired) electrons. The number of hydrogen-bond acceptors (Lipinski definition) is 4. The molecule has 2 heterocycles. The van der Waals surface area contributed by atoms with Crippen molar-refractivity contribution < 1.29 is 9.53 Å². The van der Waals surface area contributed by atoms with Crippen LogP contribution in [0, 0.1) is 11.3 Å². The second-order valence-electron chi connectivity index (χ2n) is 7.29. The number of nitrogens with zero attached hydrogens (tertiary/aromatic N) is 1. The molecule has 1 spiro atoms. The number of halogens is 1. The van der Waals surface area contributed by atoms with Crippen LogP contribution in [0.15, 0.2) is 28.7 Å². The summed E-state index contributed by atoms with van der Waals surface area (Å²) >= 11 is 3.47. The number of unbranched alkanes of at least 4 members (excludes halogenated alkanes) is 2. The summed E-state index contributed by atoms with van der Waals surface area (Å²) in [6.45, 7) is 6.99. The molecule has 2 atom stereocenters. The van der Waals surface area contributed by atoms with Crippen LogP contribution in [0.5, 0.6) is 0 Å². The van der Waals surface area contributed by atoms with Gasteiger partial charge in [0.25, 0.3) is 0 Å². The number of rotatable bonds is 7. The maximum atomic E-state index is 12.3. The molecule has 2 aliphatic rings. The number of carbonyl (C=O) groups excluding carboxylic acids is 1. The average molecular weight is 395 g/mol. The van der Waals surface area contributed by atoms with Gasteiger partial charge in [0.1, 0.15) is 0 Å². The Bertz CT molecular complexity index is 569. The number of hydrogen-bond donors (Lipinski definition) is 1. The molecule has 132 valence electrons. The zero-order valence-electron chi connectivity index (χ0n) is 14.6. The summed E-state index contributed by atoms with van der Waals surface area (Å²) in [4.78, 5) is 14.6. The van der Waals surface area contributed by atoms with Gasteiger partial charge < -0.3 is 9.64 Å². The lowest BCUT2D eigenvalue weighted by Crippen LogP contribution is -2.77. The molecule has 0 aliphatic carbocycles. The minimum atomic E-state index is -0.120. The Morgan fingerprint density at radius 2 is 2.08 bits per heavy atom. The first-order valence-corrected chi connectivity index (χ1v) is 9.78. The molecule has 0 saturated carbocycles. The number of benzene rings is 1. The van der Waals surface area contributed by atoms with Crippen LogP contribution in [-0.2, 0) is 9.53 Å². The average Bonchev–Trinajstić information content (AvgIpc) is 2.52. The number of esters is 1. The lowest BCUT2D eigenvalue weighted by Gasteiger charge is -2.60. The molecule has 5 heteroatoms. The second kappa shape index (κ2) is 7.44. The highest BCUT2D eigenvalue weighted by Gasteiger charge is 2.57. The molecule has 2 saturated heterocycles. The van der Waals surface area contributed by atoms with E-state index in [1.54, 1.807) is 0 Å². The predicted molar refractivity (Wildman–Crippen MR) is 100.0 cm³/mol. The molecular weight excluding hydrogens is 368 g/mol. The quantitative estimate of drug-likeness (QED) is 0.561. The van der Waals surface area contributed by atoms with Gasteiger partial charge in [0.05, 0.1) is 11.3 Å². The van der Waals surface area contributed by atoms with Gasteiger partial charge in [-0.2, -0.15) is 0 Å². The van der Waals surface area contributed by atoms with E-state index in [0.717, 1.165) is 36.9 Å². The molecule has 4 nitrogen and oxygen atoms in total. The topological polar surface area (TPSA) is 41.6 Å². The summed E-state index contributed by atoms with van der Waals surface area (Å²) in [7, 11) is 0. The summed E-state index contributed by atoms with van der Waals surface area (Å²) in [5.41, 5.74) is 1.33. The van der Waals surface area contributed by atoms with Gasteiger partial charge in [0.15, 0.2) is 6.23 Å². The van der Waals surface area contributed by atoms with Crippen LogP contribution in [0.4, 0.5) is 5.69 Å². The smallest absolute Gasteiger partial charge is 0.310 e. The van der Waals surface area contributed by atoms with Crippen molar-refractivity contribution in [3.8, 4) is 0 Å². The van der Waals surface area contributed by atoms with E-state index in [4.69, 9.17) is 4.74 Å². The Kier molecular flexibility index (Phi) is 5.50. The number of nitrogens with one attached hydrogen (secondary N) is 1. The van der Waals surface area contributed by atoms with Gasteiger partial charge in [0, 0.05) is 29.8 Å². The Labute approximate surface area is 153 Å². The van der Waals surface area contributed by atoms with E-state index in [0.29, 0.717) is 0 Å². The number of ether oxygens (including phenoxy) is 1. The maximum absolute atomic E-state index is 12.3. The third kappa shape index (κ3) is 3.62. The Balaban J connectivity index is 1.47. The SMILES string of the molecule is CCCCCC(C)C(=O)OC1NCC12CN(c1ccc(Br)cc1)C2. The van der Waals surface area contributed by atoms with E-state index in [-0.39, 0.29) is 23.5 Å². The first-order valence-electron chi connectivity index (χ1n) is 8.98. The molecule has 2 aliphatic heterocycles. The molecular formula is C19H27BrN2O2. The standard InChI is InChI=1S/C19H27BrN2O2/c1-3-4-5-6-14(2)17(23)24-18-19(11-21-18)12-22(13-19)16-9-7-15(20)8-10-16/h7-10,14,18,21H,3-6,11-13H2,1-2H3. The monoisotopic (exact) mass is 394 g/mol. The van der Waals surface area contributed by atoms with Gasteiger partial charge in [0.2, 0.25) is 0 Å². The van der Waals surface area contributed by atoms with Crippen LogP contribution < -0.4 is 10.2 Å². The van der Waals surface area contributed by atoms with Gasteiger partial charge in [-0.15, -0.1) is 0 Å². The van der Waals surface area contributed by atoms with Gasteiger partial charge in [-0.3, -0.25) is 10.1 Å². The highest BCUT2D eigenvalue weighted by molar-refractivity contribution is 9.10. The Morgan fingerprint density at radius 3 is 2.67 bits per heavy atom. The van der Waals surface area contributed by atoms with Crippen LogP contribution in [0.3, 0.4) is 0 Å². The lowest BCUT2D eigenvalue weighted by molar-refractivity contribution is -0.180. The van der Waals surface area contributed by atoms with E-state index in [9.17, 15) is 4.79 Å². The second-order valence-corrected chi connectivity index (χ2v) is 8.21. The first-order chi connectivity index (χ1) is 11.5. The molecule has 2 unspecified atom stereocenters. The molecule has 1 aromatic carbocycles. The van der Waals surface area contributed by atoms with Crippen LogP contribution in [0.1, 0.15) is 39.5 Å². The van der Waals surface area contributed by atoms with E-state index in [2.05, 4.69) is 57.3 Å². The number of carbonyl (C=O) groups is 1. The van der Waals surface area contributed by atoms with Crippen LogP contribution >= 0.6 is 15.9 Å². The minimum Gasteiger partial charge on any atom is -0.446 e. The molecule has 1 N–H and O–H groups in total. The molecule has 2 fully saturated rings. The molecule has 24 heavy (non-hydrogen) atoms. The van der Waals surface area contributed by atoms with E-state index < -0.39 is 0 Å². The van der Waals surface area contributed by atoms with Crippen molar-refractivity contribution in [2.24, 2.45) is 11.3 Å². The number of anilines is 1. The van der Waals surface area contributed by atoms with Crippen LogP contribution in [-0.4, -0.2) is 31.8 Å². The highest BCUT2D eigenvalue weighted by Crippen LogP contribution is 2.42. The maximum Gasteiger partial charge on any atom is 0.310 e. The Hall–Kier alpha value is -1.07. The lowest BCUT2D eigenvalue weighted by atomic mass is 9.72. The van der Waals surface area contributed by atoms with Gasteiger partial charge in [-0.05, 0) is 30.7 Å². The fourth-order valence-electron chi connectivity index (χ4n) is 3.52. The van der Waals surface area contributed by atoms with Crippen molar-refractivity contribution in [3.63, 3.8) is 0 Å². The zero-order valence-corrected chi connectivity index (χ0v) is 16.1. The van der Waals surface area contributed by atoms with E-state index in [1.807, 2.05) is 6.92 Å². The van der Waals surface area contributed by atoms with Crippen molar-refractivity contribution in [1.82, 2.24) is 5.32 Å². The van der Waals surface area contributed by atoms with Gasteiger partial charge in [-0.25, -0.2) is 0 Å². The predicted octanol–water partition coefficient (Wildman–Crippen LogP) is 3.94. The minimum absolute atomic E-state index is 0.00125. The fraction of sp³-hybridized carbons (Fsp3) is 0.632. The van der Waals surface area contributed by atoms with Crippen LogP contribution in [0.2, 0.25) is 0 Å². The van der Waals surface area contributed by atoms with Crippen molar-refractivity contribution >= 4 is 27.6 Å². The third-order valence-corrected chi connectivity index (χ3v) is 5.80. The van der Waals surface area contributed by atoms with Gasteiger partial charge >= 0.3 is 5.97 Å². The fourth-order valence-corrected chi connectivity index (χ4v) is 3.78. The molecule has 0 aromatic heterocycles. The summed E-state index contributed by atoms with van der Waals surface area (Å²) < 4.78 is 6.85. The summed E-state index contributed by atoms with van der Waals surface area (Å²) in [6, 6.07) is 8.38. The Morgan fingerprint density at radius 1 is 1.38 bits per heavy atom. The highest BCUT2D eigenvalue weighted by atomic mass is 79.9. The molecule has 0 amide bonds. The summed E-state index contributed by atoms with van der Waals surface area (Å²) in [5, 5.41) is 3.30. The van der Waals surface area contributed by atoms with Crippen LogP contribution in [0.25, 0.3) is 0 Å². The normalized spacial score (nSPS) is 22.6. The zero-order chi connectivity index (χ0) is 17.2. The van der Waals surface area contributed by atoms with Gasteiger partial charge in [-0.1, -0.05) is 49.0 Å². The van der Waals surface area contributed by atoms with Crippen molar-refractivity contribution in [1.29, 1.82) is 0 Å². The molecule has 3 rings (SSSR count). The summed E-state index contributed by atoms with van der Waals surface area (Å²) in [5.74, 6) is -0.0524. The van der Waals surface area contributed by atoms with Crippen molar-refractivity contribution in [2.75, 3.05) is 24.5 Å². The van der Waals surface area contributed by atoms with Crippen molar-refractivity contribution in [2.45, 2.75) is 45.8 Å². The largest absolute Gasteiger partial charge is 0.446 e.